The maximum absolute atomic E-state index is 13.2. The topological polar surface area (TPSA) is 37.4 Å². The van der Waals surface area contributed by atoms with Crippen LogP contribution in [-0.2, 0) is 0 Å². The summed E-state index contributed by atoms with van der Waals surface area (Å²) in [5.74, 6) is -0.390. The minimum absolute atomic E-state index is 0.0481. The van der Waals surface area contributed by atoms with Gasteiger partial charge in [0.15, 0.2) is 0 Å². The fourth-order valence-corrected chi connectivity index (χ4v) is 10.6. The van der Waals surface area contributed by atoms with Crippen molar-refractivity contribution in [1.29, 1.82) is 0 Å². The molecule has 1 heterocycles. The molecule has 4 aromatic rings. The summed E-state index contributed by atoms with van der Waals surface area (Å²) in [6.45, 7) is 2.57. The summed E-state index contributed by atoms with van der Waals surface area (Å²) in [5, 5.41) is 3.81. The molecule has 0 aliphatic carbocycles. The second-order valence-corrected chi connectivity index (χ2v) is 12.9. The molecular formula is C29H26NO2P. The van der Waals surface area contributed by atoms with Crippen molar-refractivity contribution in [2.24, 2.45) is 0 Å². The van der Waals surface area contributed by atoms with Gasteiger partial charge in [0, 0.05) is 0 Å². The first kappa shape index (κ1) is 21.3. The first-order valence-corrected chi connectivity index (χ1v) is 13.3. The zero-order chi connectivity index (χ0) is 22.8. The molecular weight excluding hydrogens is 425 g/mol. The average molecular weight is 452 g/mol. The number of benzene rings is 4. The Morgan fingerprint density at radius 1 is 0.576 bits per heavy atom. The van der Waals surface area contributed by atoms with Gasteiger partial charge in [-0.05, 0) is 0 Å². The van der Waals surface area contributed by atoms with Crippen molar-refractivity contribution in [3.05, 3.63) is 126 Å². The fourth-order valence-electron chi connectivity index (χ4n) is 5.27. The molecule has 0 spiro atoms. The zero-order valence-corrected chi connectivity index (χ0v) is 19.5. The van der Waals surface area contributed by atoms with E-state index in [1.165, 1.54) is 20.8 Å². The molecule has 0 bridgehead atoms. The number of imide groups is 1. The first-order chi connectivity index (χ1) is 16.1. The van der Waals surface area contributed by atoms with Crippen LogP contribution in [0.25, 0.3) is 0 Å². The van der Waals surface area contributed by atoms with E-state index in [2.05, 4.69) is 79.7 Å². The van der Waals surface area contributed by atoms with E-state index in [9.17, 15) is 9.59 Å². The van der Waals surface area contributed by atoms with E-state index in [0.717, 1.165) is 0 Å². The number of carbonyl (C=O) groups excluding carboxylic acids is 2. The molecule has 0 saturated heterocycles. The van der Waals surface area contributed by atoms with Crippen LogP contribution < -0.4 is 15.9 Å². The molecule has 3 nitrogen and oxygen atoms in total. The number of hydrogen-bond donors (Lipinski definition) is 0. The van der Waals surface area contributed by atoms with Gasteiger partial charge in [0.1, 0.15) is 0 Å². The number of rotatable bonds is 6. The van der Waals surface area contributed by atoms with Crippen molar-refractivity contribution >= 4 is 35.0 Å². The van der Waals surface area contributed by atoms with E-state index in [4.69, 9.17) is 0 Å². The van der Waals surface area contributed by atoms with Crippen LogP contribution in [0.2, 0.25) is 0 Å². The molecule has 4 heteroatoms. The van der Waals surface area contributed by atoms with Crippen molar-refractivity contribution in [2.45, 2.75) is 12.6 Å². The molecule has 0 aromatic heterocycles. The summed E-state index contributed by atoms with van der Waals surface area (Å²) >= 11 is 0. The average Bonchev–Trinajstić information content (AvgIpc) is 3.11. The Morgan fingerprint density at radius 2 is 0.909 bits per heavy atom. The molecule has 1 atom stereocenters. The van der Waals surface area contributed by atoms with Gasteiger partial charge in [-0.15, -0.1) is 0 Å². The molecule has 1 aliphatic heterocycles. The molecule has 4 aromatic carbocycles. The van der Waals surface area contributed by atoms with Gasteiger partial charge in [-0.3, -0.25) is 0 Å². The number of carbonyl (C=O) groups is 2. The molecule has 1 aliphatic rings. The van der Waals surface area contributed by atoms with Crippen LogP contribution in [0.15, 0.2) is 115 Å². The van der Waals surface area contributed by atoms with Crippen LogP contribution in [0.1, 0.15) is 27.6 Å². The van der Waals surface area contributed by atoms with E-state index < -0.39 is 7.26 Å². The van der Waals surface area contributed by atoms with Crippen molar-refractivity contribution in [1.82, 2.24) is 4.90 Å². The first-order valence-electron chi connectivity index (χ1n) is 11.3. The van der Waals surface area contributed by atoms with Gasteiger partial charge < -0.3 is 0 Å². The van der Waals surface area contributed by atoms with Gasteiger partial charge in [-0.25, -0.2) is 0 Å². The Morgan fingerprint density at radius 3 is 1.27 bits per heavy atom. The van der Waals surface area contributed by atoms with Gasteiger partial charge in [0.2, 0.25) is 0 Å². The van der Waals surface area contributed by atoms with Gasteiger partial charge in [-0.2, -0.15) is 0 Å². The van der Waals surface area contributed by atoms with Crippen molar-refractivity contribution < 1.29 is 9.59 Å². The van der Waals surface area contributed by atoms with Gasteiger partial charge >= 0.3 is 195 Å². The van der Waals surface area contributed by atoms with Gasteiger partial charge in [-0.1, -0.05) is 0 Å². The van der Waals surface area contributed by atoms with E-state index >= 15 is 0 Å². The summed E-state index contributed by atoms with van der Waals surface area (Å²) < 4.78 is 0. The molecule has 0 radical (unpaired) electrons. The summed E-state index contributed by atoms with van der Waals surface area (Å²) in [7, 11) is -2.60. The predicted molar refractivity (Wildman–Crippen MR) is 138 cm³/mol. The third-order valence-corrected chi connectivity index (χ3v) is 12.2. The molecule has 0 saturated carbocycles. The summed E-state index contributed by atoms with van der Waals surface area (Å²) in [4.78, 5) is 27.8. The standard InChI is InChI=1S/C29H26NO2P/c1-22(21-30-28(31)26-19-11-12-20-27(26)29(30)32)33(23-13-5-2-6-14-23,24-15-7-3-8-16-24)25-17-9-4-10-18-25/h2-20,22,33H,21H2,1H3. The Labute approximate surface area is 195 Å². The monoisotopic (exact) mass is 451 g/mol. The summed E-state index contributed by atoms with van der Waals surface area (Å²) in [5.41, 5.74) is 1.05. The SMILES string of the molecule is CC(CN1C(=O)c2ccccc2C1=O)[PH](c1ccccc1)(c1ccccc1)c1ccccc1. The minimum atomic E-state index is -2.60. The molecule has 164 valence electrons. The van der Waals surface area contributed by atoms with E-state index in [-0.39, 0.29) is 17.5 Å². The van der Waals surface area contributed by atoms with E-state index in [1.54, 1.807) is 12.1 Å². The normalized spacial score (nSPS) is 14.8. The molecule has 0 N–H and O–H groups in total. The van der Waals surface area contributed by atoms with Crippen LogP contribution >= 0.6 is 7.26 Å². The summed E-state index contributed by atoms with van der Waals surface area (Å²) in [6, 6.07) is 38.9. The van der Waals surface area contributed by atoms with Crippen LogP contribution in [0.5, 0.6) is 0 Å². The van der Waals surface area contributed by atoms with Crippen LogP contribution in [0.3, 0.4) is 0 Å². The molecule has 1 unspecified atom stereocenters. The number of fused-ring (bicyclic) bond motifs is 1. The second kappa shape index (κ2) is 8.77. The second-order valence-electron chi connectivity index (χ2n) is 8.57. The number of nitrogens with zero attached hydrogens (tertiary/aromatic N) is 1. The fraction of sp³-hybridized carbons (Fsp3) is 0.103. The molecule has 5 rings (SSSR count). The Bertz CT molecular complexity index is 1160. The maximum atomic E-state index is 13.2. The van der Waals surface area contributed by atoms with Crippen molar-refractivity contribution in [2.75, 3.05) is 6.54 Å². The predicted octanol–water partition coefficient (Wildman–Crippen LogP) is 4.40. The molecule has 2 amide bonds. The third-order valence-electron chi connectivity index (χ3n) is 6.76. The third kappa shape index (κ3) is 3.50. The van der Waals surface area contributed by atoms with Gasteiger partial charge in [0.25, 0.3) is 0 Å². The van der Waals surface area contributed by atoms with Crippen molar-refractivity contribution in [3.63, 3.8) is 0 Å². The Kier molecular flexibility index (Phi) is 5.66. The summed E-state index contributed by atoms with van der Waals surface area (Å²) in [6.07, 6.45) is 0. The van der Waals surface area contributed by atoms with Gasteiger partial charge in [0.05, 0.1) is 0 Å². The quantitative estimate of drug-likeness (QED) is 0.322. The van der Waals surface area contributed by atoms with Crippen molar-refractivity contribution in [3.8, 4) is 0 Å². The van der Waals surface area contributed by atoms with Crippen LogP contribution in [0.4, 0.5) is 0 Å². The number of amides is 2. The van der Waals surface area contributed by atoms with E-state index in [0.29, 0.717) is 17.7 Å². The van der Waals surface area contributed by atoms with E-state index in [1.807, 2.05) is 30.3 Å². The zero-order valence-electron chi connectivity index (χ0n) is 18.5. The molecule has 33 heavy (non-hydrogen) atoms. The Hall–Kier alpha value is -3.55. The van der Waals surface area contributed by atoms with Crippen LogP contribution in [-0.4, -0.2) is 28.9 Å². The number of hydrogen-bond acceptors (Lipinski definition) is 2. The van der Waals surface area contributed by atoms with Crippen LogP contribution in [0, 0.1) is 0 Å². The Balaban J connectivity index is 1.67. The molecule has 0 fully saturated rings.